The van der Waals surface area contributed by atoms with Crippen LogP contribution in [0.4, 0.5) is 16.0 Å². The van der Waals surface area contributed by atoms with E-state index in [1.165, 1.54) is 18.2 Å². The average Bonchev–Trinajstić information content (AvgIpc) is 2.67. The van der Waals surface area contributed by atoms with Gasteiger partial charge in [-0.3, -0.25) is 4.98 Å². The standard InChI is InChI=1S/C19H18FN5O2/c1-12(13-2-4-14(20)5-3-13)24-18-16(19(26)27)7-6-15(25-18)10-23-17-11-21-8-9-22-17/h2-9,11-12H,10H2,1H3,(H,22,23)(H,24,25)(H,26,27)/t12-/m0/s1. The van der Waals surface area contributed by atoms with E-state index in [0.717, 1.165) is 5.56 Å². The Kier molecular flexibility index (Phi) is 5.55. The fourth-order valence-corrected chi connectivity index (χ4v) is 2.49. The van der Waals surface area contributed by atoms with Crippen molar-refractivity contribution in [1.29, 1.82) is 0 Å². The maximum Gasteiger partial charge on any atom is 0.339 e. The summed E-state index contributed by atoms with van der Waals surface area (Å²) in [5.41, 5.74) is 1.52. The molecule has 0 bridgehead atoms. The van der Waals surface area contributed by atoms with Crippen molar-refractivity contribution >= 4 is 17.6 Å². The van der Waals surface area contributed by atoms with Crippen molar-refractivity contribution in [2.24, 2.45) is 0 Å². The molecule has 27 heavy (non-hydrogen) atoms. The molecule has 0 saturated heterocycles. The van der Waals surface area contributed by atoms with Gasteiger partial charge in [0.05, 0.1) is 18.4 Å². The van der Waals surface area contributed by atoms with Gasteiger partial charge in [-0.2, -0.15) is 0 Å². The zero-order valence-corrected chi connectivity index (χ0v) is 14.6. The number of aromatic carboxylic acids is 1. The average molecular weight is 367 g/mol. The lowest BCUT2D eigenvalue weighted by Crippen LogP contribution is -2.14. The van der Waals surface area contributed by atoms with Crippen molar-refractivity contribution in [3.8, 4) is 0 Å². The summed E-state index contributed by atoms with van der Waals surface area (Å²) in [7, 11) is 0. The van der Waals surface area contributed by atoms with E-state index in [4.69, 9.17) is 0 Å². The SMILES string of the molecule is C[C@H](Nc1nc(CNc2cnccn2)ccc1C(=O)O)c1ccc(F)cc1. The Hall–Kier alpha value is -3.55. The van der Waals surface area contributed by atoms with Crippen molar-refractivity contribution in [1.82, 2.24) is 15.0 Å². The van der Waals surface area contributed by atoms with Crippen molar-refractivity contribution in [2.45, 2.75) is 19.5 Å². The number of benzene rings is 1. The molecule has 0 spiro atoms. The molecular weight excluding hydrogens is 349 g/mol. The maximum absolute atomic E-state index is 13.1. The number of nitrogens with zero attached hydrogens (tertiary/aromatic N) is 3. The Balaban J connectivity index is 1.79. The third-order valence-electron chi connectivity index (χ3n) is 3.92. The van der Waals surface area contributed by atoms with E-state index in [0.29, 0.717) is 18.1 Å². The molecule has 1 aromatic carbocycles. The maximum atomic E-state index is 13.1. The highest BCUT2D eigenvalue weighted by atomic mass is 19.1. The fraction of sp³-hybridized carbons (Fsp3) is 0.158. The van der Waals surface area contributed by atoms with E-state index in [1.807, 2.05) is 6.92 Å². The van der Waals surface area contributed by atoms with E-state index < -0.39 is 5.97 Å². The number of rotatable bonds is 7. The van der Waals surface area contributed by atoms with Crippen LogP contribution >= 0.6 is 0 Å². The molecule has 138 valence electrons. The number of carboxylic acid groups (broad SMARTS) is 1. The molecule has 0 aliphatic rings. The molecule has 0 aliphatic carbocycles. The summed E-state index contributed by atoms with van der Waals surface area (Å²) in [5.74, 6) is -0.564. The van der Waals surface area contributed by atoms with Gasteiger partial charge in [0.2, 0.25) is 0 Å². The highest BCUT2D eigenvalue weighted by Crippen LogP contribution is 2.22. The zero-order valence-electron chi connectivity index (χ0n) is 14.6. The molecular formula is C19H18FN5O2. The van der Waals surface area contributed by atoms with E-state index in [9.17, 15) is 14.3 Å². The van der Waals surface area contributed by atoms with Crippen molar-refractivity contribution in [3.05, 3.63) is 77.6 Å². The number of halogens is 1. The molecule has 0 aliphatic heterocycles. The molecule has 0 unspecified atom stereocenters. The van der Waals surface area contributed by atoms with Gasteiger partial charge in [0.15, 0.2) is 0 Å². The van der Waals surface area contributed by atoms with Crippen LogP contribution in [-0.4, -0.2) is 26.0 Å². The van der Waals surface area contributed by atoms with Crippen LogP contribution in [0.1, 0.15) is 34.6 Å². The second kappa shape index (κ2) is 8.22. The van der Waals surface area contributed by atoms with Gasteiger partial charge in [0, 0.05) is 18.4 Å². The molecule has 3 rings (SSSR count). The van der Waals surface area contributed by atoms with Gasteiger partial charge in [-0.05, 0) is 36.8 Å². The summed E-state index contributed by atoms with van der Waals surface area (Å²) in [6.45, 7) is 2.21. The first kappa shape index (κ1) is 18.2. The molecule has 3 N–H and O–H groups in total. The number of aromatic nitrogens is 3. The zero-order chi connectivity index (χ0) is 19.2. The lowest BCUT2D eigenvalue weighted by molar-refractivity contribution is 0.0697. The van der Waals surface area contributed by atoms with Crippen molar-refractivity contribution in [3.63, 3.8) is 0 Å². The van der Waals surface area contributed by atoms with Crippen LogP contribution in [0.15, 0.2) is 55.0 Å². The minimum absolute atomic E-state index is 0.0622. The molecule has 0 amide bonds. The van der Waals surface area contributed by atoms with Crippen LogP contribution in [-0.2, 0) is 6.54 Å². The van der Waals surface area contributed by atoms with E-state index in [2.05, 4.69) is 25.6 Å². The lowest BCUT2D eigenvalue weighted by Gasteiger charge is -2.17. The van der Waals surface area contributed by atoms with Gasteiger partial charge in [0.25, 0.3) is 0 Å². The van der Waals surface area contributed by atoms with Crippen molar-refractivity contribution in [2.75, 3.05) is 10.6 Å². The molecule has 0 saturated carbocycles. The lowest BCUT2D eigenvalue weighted by atomic mass is 10.1. The highest BCUT2D eigenvalue weighted by Gasteiger charge is 2.15. The number of nitrogens with one attached hydrogen (secondary N) is 2. The van der Waals surface area contributed by atoms with Gasteiger partial charge < -0.3 is 15.7 Å². The second-order valence-electron chi connectivity index (χ2n) is 5.87. The second-order valence-corrected chi connectivity index (χ2v) is 5.87. The topological polar surface area (TPSA) is 100 Å². The van der Waals surface area contributed by atoms with Gasteiger partial charge in [0.1, 0.15) is 23.0 Å². The number of pyridine rings is 1. The first-order valence-corrected chi connectivity index (χ1v) is 8.28. The van der Waals surface area contributed by atoms with Gasteiger partial charge in [-0.1, -0.05) is 12.1 Å². The first-order valence-electron chi connectivity index (χ1n) is 8.28. The number of hydrogen-bond donors (Lipinski definition) is 3. The molecule has 3 aromatic rings. The first-order chi connectivity index (χ1) is 13.0. The van der Waals surface area contributed by atoms with Crippen molar-refractivity contribution < 1.29 is 14.3 Å². The van der Waals surface area contributed by atoms with E-state index >= 15 is 0 Å². The predicted octanol–water partition coefficient (Wildman–Crippen LogP) is 3.49. The minimum atomic E-state index is -1.08. The summed E-state index contributed by atoms with van der Waals surface area (Å²) in [6.07, 6.45) is 4.73. The number of hydrogen-bond acceptors (Lipinski definition) is 6. The summed E-state index contributed by atoms with van der Waals surface area (Å²) in [4.78, 5) is 24.0. The molecule has 8 heteroatoms. The van der Waals surface area contributed by atoms with Crippen LogP contribution in [0.2, 0.25) is 0 Å². The van der Waals surface area contributed by atoms with Gasteiger partial charge >= 0.3 is 5.97 Å². The van der Waals surface area contributed by atoms with Gasteiger partial charge in [-0.25, -0.2) is 19.2 Å². The van der Waals surface area contributed by atoms with Crippen LogP contribution in [0.25, 0.3) is 0 Å². The Morgan fingerprint density at radius 1 is 1.19 bits per heavy atom. The van der Waals surface area contributed by atoms with E-state index in [1.54, 1.807) is 36.8 Å². The summed E-state index contributed by atoms with van der Waals surface area (Å²) < 4.78 is 13.1. The fourth-order valence-electron chi connectivity index (χ4n) is 2.49. The molecule has 1 atom stereocenters. The molecule has 2 heterocycles. The highest BCUT2D eigenvalue weighted by molar-refractivity contribution is 5.93. The molecule has 0 radical (unpaired) electrons. The van der Waals surface area contributed by atoms with E-state index in [-0.39, 0.29) is 23.2 Å². The Bertz CT molecular complexity index is 919. The number of anilines is 2. The number of carboxylic acids is 1. The Labute approximate surface area is 155 Å². The third-order valence-corrected chi connectivity index (χ3v) is 3.92. The van der Waals surface area contributed by atoms with Gasteiger partial charge in [-0.15, -0.1) is 0 Å². The smallest absolute Gasteiger partial charge is 0.339 e. The van der Waals surface area contributed by atoms with Crippen LogP contribution < -0.4 is 10.6 Å². The summed E-state index contributed by atoms with van der Waals surface area (Å²) in [6, 6.07) is 8.91. The molecule has 7 nitrogen and oxygen atoms in total. The minimum Gasteiger partial charge on any atom is -0.478 e. The Morgan fingerprint density at radius 2 is 1.96 bits per heavy atom. The van der Waals surface area contributed by atoms with Crippen LogP contribution in [0, 0.1) is 5.82 Å². The summed E-state index contributed by atoms with van der Waals surface area (Å²) >= 11 is 0. The third kappa shape index (κ3) is 4.75. The Morgan fingerprint density at radius 3 is 2.63 bits per heavy atom. The molecule has 0 fully saturated rings. The summed E-state index contributed by atoms with van der Waals surface area (Å²) in [5, 5.41) is 15.6. The quantitative estimate of drug-likeness (QED) is 0.588. The van der Waals surface area contributed by atoms with Crippen LogP contribution in [0.3, 0.4) is 0 Å². The monoisotopic (exact) mass is 367 g/mol. The number of carbonyl (C=O) groups is 1. The predicted molar refractivity (Wildman–Crippen MR) is 99.0 cm³/mol. The normalized spacial score (nSPS) is 11.6. The largest absolute Gasteiger partial charge is 0.478 e. The molecule has 2 aromatic heterocycles. The van der Waals surface area contributed by atoms with Crippen LogP contribution in [0.5, 0.6) is 0 Å².